The van der Waals surface area contributed by atoms with Gasteiger partial charge < -0.3 is 4.90 Å². The van der Waals surface area contributed by atoms with Crippen molar-refractivity contribution < 1.29 is 4.79 Å². The van der Waals surface area contributed by atoms with Gasteiger partial charge in [-0.05, 0) is 45.1 Å². The van der Waals surface area contributed by atoms with E-state index in [2.05, 4.69) is 25.0 Å². The summed E-state index contributed by atoms with van der Waals surface area (Å²) in [5.74, 6) is 0.222. The van der Waals surface area contributed by atoms with E-state index < -0.39 is 0 Å². The molecule has 0 N–H and O–H groups in total. The lowest BCUT2D eigenvalue weighted by Crippen LogP contribution is -2.40. The summed E-state index contributed by atoms with van der Waals surface area (Å²) >= 11 is 0. The molecule has 2 rings (SSSR count). The highest BCUT2D eigenvalue weighted by Crippen LogP contribution is 2.18. The van der Waals surface area contributed by atoms with Crippen LogP contribution < -0.4 is 0 Å². The number of hydrogen-bond donors (Lipinski definition) is 0. The quantitative estimate of drug-likeness (QED) is 0.837. The Morgan fingerprint density at radius 2 is 1.95 bits per heavy atom. The molecule has 106 valence electrons. The molecule has 0 bridgehead atoms. The Morgan fingerprint density at radius 3 is 2.53 bits per heavy atom. The SMILES string of the molecule is CCc1cc(CC)n(C(C)C(=O)N2CCCCC2)n1. The van der Waals surface area contributed by atoms with Gasteiger partial charge in [-0.2, -0.15) is 5.10 Å². The molecule has 1 unspecified atom stereocenters. The lowest BCUT2D eigenvalue weighted by Gasteiger charge is -2.29. The zero-order valence-electron chi connectivity index (χ0n) is 12.4. The van der Waals surface area contributed by atoms with Crippen molar-refractivity contribution >= 4 is 5.91 Å². The standard InChI is InChI=1S/C15H25N3O/c1-4-13-11-14(5-2)18(16-13)12(3)15(19)17-9-7-6-8-10-17/h11-12H,4-10H2,1-3H3. The van der Waals surface area contributed by atoms with Gasteiger partial charge in [0, 0.05) is 18.8 Å². The molecule has 2 heterocycles. The van der Waals surface area contributed by atoms with Crippen molar-refractivity contribution in [2.24, 2.45) is 0 Å². The topological polar surface area (TPSA) is 38.1 Å². The number of carbonyl (C=O) groups is 1. The zero-order valence-corrected chi connectivity index (χ0v) is 12.4. The maximum atomic E-state index is 12.5. The Bertz CT molecular complexity index is 433. The van der Waals surface area contributed by atoms with Crippen LogP contribution in [-0.4, -0.2) is 33.7 Å². The number of piperidine rings is 1. The molecular weight excluding hydrogens is 238 g/mol. The van der Waals surface area contributed by atoms with E-state index in [1.807, 2.05) is 16.5 Å². The van der Waals surface area contributed by atoms with Crippen LogP contribution in [0.15, 0.2) is 6.07 Å². The molecule has 1 atom stereocenters. The van der Waals surface area contributed by atoms with Crippen molar-refractivity contribution in [1.82, 2.24) is 14.7 Å². The van der Waals surface area contributed by atoms with Gasteiger partial charge in [0.25, 0.3) is 0 Å². The smallest absolute Gasteiger partial charge is 0.247 e. The predicted molar refractivity (Wildman–Crippen MR) is 76.1 cm³/mol. The first-order valence-corrected chi connectivity index (χ1v) is 7.53. The van der Waals surface area contributed by atoms with Crippen LogP contribution in [0.3, 0.4) is 0 Å². The van der Waals surface area contributed by atoms with E-state index in [0.29, 0.717) is 0 Å². The second-order valence-corrected chi connectivity index (χ2v) is 5.34. The molecule has 0 radical (unpaired) electrons. The lowest BCUT2D eigenvalue weighted by molar-refractivity contribution is -0.135. The molecule has 0 saturated carbocycles. The van der Waals surface area contributed by atoms with Gasteiger partial charge in [-0.3, -0.25) is 9.48 Å². The number of aromatic nitrogens is 2. The first-order valence-electron chi connectivity index (χ1n) is 7.53. The third-order valence-corrected chi connectivity index (χ3v) is 3.98. The van der Waals surface area contributed by atoms with Crippen molar-refractivity contribution in [2.45, 2.75) is 58.9 Å². The average molecular weight is 263 g/mol. The van der Waals surface area contributed by atoms with Crippen molar-refractivity contribution in [3.05, 3.63) is 17.5 Å². The number of rotatable bonds is 4. The second-order valence-electron chi connectivity index (χ2n) is 5.34. The van der Waals surface area contributed by atoms with Crippen molar-refractivity contribution in [1.29, 1.82) is 0 Å². The van der Waals surface area contributed by atoms with E-state index in [1.54, 1.807) is 0 Å². The molecule has 19 heavy (non-hydrogen) atoms. The highest BCUT2D eigenvalue weighted by molar-refractivity contribution is 5.80. The third kappa shape index (κ3) is 2.99. The molecule has 0 aliphatic carbocycles. The first kappa shape index (κ1) is 14.1. The molecule has 1 amide bonds. The minimum Gasteiger partial charge on any atom is -0.341 e. The fourth-order valence-corrected chi connectivity index (χ4v) is 2.75. The molecule has 1 aliphatic rings. The van der Waals surface area contributed by atoms with E-state index >= 15 is 0 Å². The van der Waals surface area contributed by atoms with Gasteiger partial charge in [0.15, 0.2) is 0 Å². The first-order chi connectivity index (χ1) is 9.17. The summed E-state index contributed by atoms with van der Waals surface area (Å²) in [6.07, 6.45) is 5.37. The molecule has 0 aromatic carbocycles. The number of aryl methyl sites for hydroxylation is 2. The molecule has 1 aliphatic heterocycles. The summed E-state index contributed by atoms with van der Waals surface area (Å²) in [5.41, 5.74) is 2.24. The number of carbonyl (C=O) groups excluding carboxylic acids is 1. The molecule has 4 nitrogen and oxygen atoms in total. The van der Waals surface area contributed by atoms with Crippen LogP contribution in [0.1, 0.15) is 57.5 Å². The van der Waals surface area contributed by atoms with Crippen molar-refractivity contribution in [3.8, 4) is 0 Å². The van der Waals surface area contributed by atoms with Gasteiger partial charge in [0.05, 0.1) is 5.69 Å². The normalized spacial score (nSPS) is 17.5. The average Bonchev–Trinajstić information content (AvgIpc) is 2.90. The highest BCUT2D eigenvalue weighted by Gasteiger charge is 2.25. The monoisotopic (exact) mass is 263 g/mol. The van der Waals surface area contributed by atoms with E-state index in [0.717, 1.165) is 50.2 Å². The van der Waals surface area contributed by atoms with E-state index in [1.165, 1.54) is 6.42 Å². The molecule has 4 heteroatoms. The van der Waals surface area contributed by atoms with E-state index in [-0.39, 0.29) is 11.9 Å². The minimum absolute atomic E-state index is 0.173. The molecule has 1 aromatic rings. The van der Waals surface area contributed by atoms with Crippen LogP contribution >= 0.6 is 0 Å². The maximum absolute atomic E-state index is 12.5. The summed E-state index contributed by atoms with van der Waals surface area (Å²) in [4.78, 5) is 14.5. The number of amides is 1. The highest BCUT2D eigenvalue weighted by atomic mass is 16.2. The van der Waals surface area contributed by atoms with E-state index in [4.69, 9.17) is 0 Å². The molecule has 1 saturated heterocycles. The lowest BCUT2D eigenvalue weighted by atomic mass is 10.1. The molecule has 1 fully saturated rings. The van der Waals surface area contributed by atoms with E-state index in [9.17, 15) is 4.79 Å². The summed E-state index contributed by atoms with van der Waals surface area (Å²) in [6, 6.07) is 1.95. The summed E-state index contributed by atoms with van der Waals surface area (Å²) < 4.78 is 1.93. The Balaban J connectivity index is 2.15. The largest absolute Gasteiger partial charge is 0.341 e. The second kappa shape index (κ2) is 6.22. The summed E-state index contributed by atoms with van der Waals surface area (Å²) in [6.45, 7) is 8.01. The molecular formula is C15H25N3O. The van der Waals surface area contributed by atoms with Crippen LogP contribution in [0.5, 0.6) is 0 Å². The Morgan fingerprint density at radius 1 is 1.26 bits per heavy atom. The summed E-state index contributed by atoms with van der Waals surface area (Å²) in [5, 5.41) is 4.58. The van der Waals surface area contributed by atoms with Crippen LogP contribution in [0.4, 0.5) is 0 Å². The maximum Gasteiger partial charge on any atom is 0.247 e. The third-order valence-electron chi connectivity index (χ3n) is 3.98. The Hall–Kier alpha value is -1.32. The van der Waals surface area contributed by atoms with Crippen LogP contribution in [0, 0.1) is 0 Å². The van der Waals surface area contributed by atoms with Crippen LogP contribution in [0.2, 0.25) is 0 Å². The number of nitrogens with zero attached hydrogens (tertiary/aromatic N) is 3. The Labute approximate surface area is 115 Å². The van der Waals surface area contributed by atoms with Crippen molar-refractivity contribution in [3.63, 3.8) is 0 Å². The fourth-order valence-electron chi connectivity index (χ4n) is 2.75. The zero-order chi connectivity index (χ0) is 13.8. The number of likely N-dealkylation sites (tertiary alicyclic amines) is 1. The Kier molecular flexibility index (Phi) is 4.61. The van der Waals surface area contributed by atoms with Gasteiger partial charge in [-0.1, -0.05) is 13.8 Å². The van der Waals surface area contributed by atoms with Gasteiger partial charge in [0.2, 0.25) is 5.91 Å². The summed E-state index contributed by atoms with van der Waals surface area (Å²) in [7, 11) is 0. The van der Waals surface area contributed by atoms with Gasteiger partial charge in [0.1, 0.15) is 6.04 Å². The molecule has 0 spiro atoms. The van der Waals surface area contributed by atoms with Crippen molar-refractivity contribution in [2.75, 3.05) is 13.1 Å². The fraction of sp³-hybridized carbons (Fsp3) is 0.733. The van der Waals surface area contributed by atoms with Crippen LogP contribution in [0.25, 0.3) is 0 Å². The van der Waals surface area contributed by atoms with Gasteiger partial charge >= 0.3 is 0 Å². The molecule has 1 aromatic heterocycles. The minimum atomic E-state index is -0.173. The van der Waals surface area contributed by atoms with Gasteiger partial charge in [-0.15, -0.1) is 0 Å². The van der Waals surface area contributed by atoms with Crippen LogP contribution in [-0.2, 0) is 17.6 Å². The van der Waals surface area contributed by atoms with Gasteiger partial charge in [-0.25, -0.2) is 0 Å². The number of hydrogen-bond acceptors (Lipinski definition) is 2. The predicted octanol–water partition coefficient (Wildman–Crippen LogP) is 2.58.